The number of nitrogens with zero attached hydrogens (tertiary/aromatic N) is 1. The fourth-order valence-corrected chi connectivity index (χ4v) is 2.70. The fourth-order valence-electron chi connectivity index (χ4n) is 2.70. The zero-order valence-electron chi connectivity index (χ0n) is 14.1. The van der Waals surface area contributed by atoms with Gasteiger partial charge in [0.1, 0.15) is 6.54 Å². The van der Waals surface area contributed by atoms with E-state index in [0.29, 0.717) is 36.7 Å². The second-order valence-electron chi connectivity index (χ2n) is 6.51. The Bertz CT molecular complexity index is 333. The maximum atomic E-state index is 11.8. The first-order valence-corrected chi connectivity index (χ1v) is 7.28. The molecule has 0 aromatic carbocycles. The lowest BCUT2D eigenvalue weighted by Gasteiger charge is -2.43. The molecule has 0 N–H and O–H groups in total. The topological polar surface area (TPSA) is 66.4 Å². The van der Waals surface area contributed by atoms with Crippen LogP contribution in [0, 0.1) is 5.41 Å². The van der Waals surface area contributed by atoms with Gasteiger partial charge in [-0.15, -0.1) is 12.4 Å². The summed E-state index contributed by atoms with van der Waals surface area (Å²) in [6, 6.07) is 0. The van der Waals surface area contributed by atoms with Gasteiger partial charge in [-0.1, -0.05) is 26.7 Å². The van der Waals surface area contributed by atoms with Gasteiger partial charge in [0.05, 0.1) is 32.5 Å². The number of hydrogen-bond donors (Lipinski definition) is 0. The largest absolute Gasteiger partial charge is 0.549 e. The molecule has 6 heteroatoms. The maximum absolute atomic E-state index is 11.8. The Labute approximate surface area is 134 Å². The van der Waals surface area contributed by atoms with Crippen LogP contribution in [-0.4, -0.2) is 50.2 Å². The Morgan fingerprint density at radius 2 is 1.57 bits per heavy atom. The molecule has 0 rings (SSSR count). The monoisotopic (exact) mass is 323 g/mol. The van der Waals surface area contributed by atoms with E-state index in [0.717, 1.165) is 0 Å². The molecule has 0 fully saturated rings. The molecule has 0 heterocycles. The Kier molecular flexibility index (Phi) is 9.91. The van der Waals surface area contributed by atoms with E-state index in [2.05, 4.69) is 0 Å². The molecule has 0 aromatic rings. The molecule has 0 saturated carbocycles. The van der Waals surface area contributed by atoms with Crippen molar-refractivity contribution < 1.29 is 23.9 Å². The Balaban J connectivity index is 0. The molecule has 5 nitrogen and oxygen atoms in total. The molecule has 0 amide bonds. The van der Waals surface area contributed by atoms with Crippen LogP contribution in [0.2, 0.25) is 0 Å². The second kappa shape index (κ2) is 9.26. The summed E-state index contributed by atoms with van der Waals surface area (Å²) < 4.78 is 5.91. The van der Waals surface area contributed by atoms with Crippen LogP contribution >= 0.6 is 12.4 Å². The molecule has 0 aliphatic rings. The van der Waals surface area contributed by atoms with Crippen molar-refractivity contribution in [2.45, 2.75) is 52.6 Å². The third-order valence-electron chi connectivity index (χ3n) is 3.44. The van der Waals surface area contributed by atoms with E-state index in [9.17, 15) is 14.7 Å². The number of quaternary nitrogens is 1. The molecule has 0 spiro atoms. The molecule has 126 valence electrons. The predicted octanol–water partition coefficient (Wildman–Crippen LogP) is 1.38. The molecule has 0 aromatic heterocycles. The van der Waals surface area contributed by atoms with Crippen LogP contribution in [0.25, 0.3) is 0 Å². The van der Waals surface area contributed by atoms with Crippen LogP contribution in [0.5, 0.6) is 0 Å². The summed E-state index contributed by atoms with van der Waals surface area (Å²) in [5.41, 5.74) is -1.10. The molecule has 0 radical (unpaired) electrons. The van der Waals surface area contributed by atoms with Crippen molar-refractivity contribution in [1.82, 2.24) is 0 Å². The summed E-state index contributed by atoms with van der Waals surface area (Å²) >= 11 is 0. The predicted molar refractivity (Wildman–Crippen MR) is 83.0 cm³/mol. The highest BCUT2D eigenvalue weighted by molar-refractivity contribution is 5.85. The number of esters is 1. The minimum Gasteiger partial charge on any atom is -0.549 e. The Morgan fingerprint density at radius 3 is 1.81 bits per heavy atom. The number of hydrogen-bond acceptors (Lipinski definition) is 4. The zero-order chi connectivity index (χ0) is 16.0. The van der Waals surface area contributed by atoms with E-state index in [1.165, 1.54) is 6.92 Å². The van der Waals surface area contributed by atoms with Gasteiger partial charge < -0.3 is 19.1 Å². The smallest absolute Gasteiger partial charge is 0.303 e. The number of carbonyl (C=O) groups is 2. The Morgan fingerprint density at radius 1 is 1.14 bits per heavy atom. The van der Waals surface area contributed by atoms with Crippen LogP contribution in [0.3, 0.4) is 0 Å². The first kappa shape index (κ1) is 22.5. The van der Waals surface area contributed by atoms with Crippen molar-refractivity contribution >= 4 is 24.3 Å². The molecular weight excluding hydrogens is 294 g/mol. The molecule has 21 heavy (non-hydrogen) atoms. The van der Waals surface area contributed by atoms with Gasteiger partial charge >= 0.3 is 5.97 Å². The minimum atomic E-state index is -1.11. The highest BCUT2D eigenvalue weighted by Crippen LogP contribution is 2.36. The van der Waals surface area contributed by atoms with Crippen LogP contribution in [-0.2, 0) is 14.3 Å². The number of rotatable bonds is 9. The molecule has 1 unspecified atom stereocenters. The Hall–Kier alpha value is -0.810. The average molecular weight is 324 g/mol. The molecule has 0 aliphatic carbocycles. The van der Waals surface area contributed by atoms with Gasteiger partial charge in [0.2, 0.25) is 0 Å². The number of halogens is 1. The molecular formula is C15H30ClNO4. The highest BCUT2D eigenvalue weighted by Gasteiger charge is 2.44. The van der Waals surface area contributed by atoms with Gasteiger partial charge in [-0.05, 0) is 12.8 Å². The molecule has 0 saturated heterocycles. The van der Waals surface area contributed by atoms with Crippen molar-refractivity contribution in [3.63, 3.8) is 0 Å². The van der Waals surface area contributed by atoms with Crippen LogP contribution < -0.4 is 5.11 Å². The lowest BCUT2D eigenvalue weighted by atomic mass is 9.74. The van der Waals surface area contributed by atoms with E-state index < -0.39 is 23.5 Å². The summed E-state index contributed by atoms with van der Waals surface area (Å²) in [6.45, 7) is 5.64. The number of carboxylic acid groups (broad SMARTS) is 1. The summed E-state index contributed by atoms with van der Waals surface area (Å²) in [5, 5.41) is 11.8. The number of carboxylic acids is 1. The van der Waals surface area contributed by atoms with E-state index in [1.807, 2.05) is 35.0 Å². The number of likely N-dealkylation sites (N-methyl/N-ethyl adjacent to an activating group) is 1. The normalized spacial score (nSPS) is 13.2. The van der Waals surface area contributed by atoms with Gasteiger partial charge in [0.15, 0.2) is 6.10 Å². The zero-order valence-corrected chi connectivity index (χ0v) is 14.9. The molecule has 0 aliphatic heterocycles. The minimum absolute atomic E-state index is 0. The molecule has 0 bridgehead atoms. The first-order valence-electron chi connectivity index (χ1n) is 7.28. The van der Waals surface area contributed by atoms with Crippen molar-refractivity contribution in [3.05, 3.63) is 0 Å². The highest BCUT2D eigenvalue weighted by atomic mass is 35.5. The SMILES string of the molecule is CCCC(CCC)(C(=O)[O-])C(C[N+](C)(C)C)OC(C)=O.Cl. The lowest BCUT2D eigenvalue weighted by molar-refractivity contribution is -0.874. The van der Waals surface area contributed by atoms with Crippen molar-refractivity contribution in [3.8, 4) is 0 Å². The number of carbonyl (C=O) groups excluding carboxylic acids is 2. The number of ether oxygens (including phenoxy) is 1. The van der Waals surface area contributed by atoms with Gasteiger partial charge in [0, 0.05) is 6.92 Å². The summed E-state index contributed by atoms with van der Waals surface area (Å²) in [5.74, 6) is -1.55. The summed E-state index contributed by atoms with van der Waals surface area (Å²) in [4.78, 5) is 23.2. The average Bonchev–Trinajstić information content (AvgIpc) is 2.24. The van der Waals surface area contributed by atoms with E-state index in [4.69, 9.17) is 4.74 Å². The lowest BCUT2D eigenvalue weighted by Crippen LogP contribution is -2.57. The summed E-state index contributed by atoms with van der Waals surface area (Å²) in [7, 11) is 5.86. The number of aliphatic carboxylic acids is 1. The van der Waals surface area contributed by atoms with Gasteiger partial charge in [-0.3, -0.25) is 4.79 Å². The summed E-state index contributed by atoms with van der Waals surface area (Å²) in [6.07, 6.45) is 1.68. The van der Waals surface area contributed by atoms with Crippen molar-refractivity contribution in [1.29, 1.82) is 0 Å². The van der Waals surface area contributed by atoms with Crippen LogP contribution in [0.1, 0.15) is 46.5 Å². The first-order chi connectivity index (χ1) is 9.09. The van der Waals surface area contributed by atoms with Crippen LogP contribution in [0.15, 0.2) is 0 Å². The maximum Gasteiger partial charge on any atom is 0.303 e. The molecule has 1 atom stereocenters. The fraction of sp³-hybridized carbons (Fsp3) is 0.867. The second-order valence-corrected chi connectivity index (χ2v) is 6.51. The van der Waals surface area contributed by atoms with Crippen molar-refractivity contribution in [2.24, 2.45) is 5.41 Å². The van der Waals surface area contributed by atoms with E-state index in [-0.39, 0.29) is 12.4 Å². The van der Waals surface area contributed by atoms with E-state index >= 15 is 0 Å². The van der Waals surface area contributed by atoms with Gasteiger partial charge in [0.25, 0.3) is 0 Å². The quantitative estimate of drug-likeness (QED) is 0.475. The standard InChI is InChI=1S/C15H29NO4.ClH/c1-7-9-15(10-8-2,14(18)19)13(20-12(3)17)11-16(4,5)6;/h13H,7-11H2,1-6H3;1H. The van der Waals surface area contributed by atoms with Gasteiger partial charge in [-0.25, -0.2) is 0 Å². The van der Waals surface area contributed by atoms with Gasteiger partial charge in [-0.2, -0.15) is 0 Å². The van der Waals surface area contributed by atoms with Crippen molar-refractivity contribution in [2.75, 3.05) is 27.7 Å². The van der Waals surface area contributed by atoms with E-state index in [1.54, 1.807) is 0 Å². The third kappa shape index (κ3) is 7.14. The third-order valence-corrected chi connectivity index (χ3v) is 3.44. The van der Waals surface area contributed by atoms with Crippen LogP contribution in [0.4, 0.5) is 0 Å².